The summed E-state index contributed by atoms with van der Waals surface area (Å²) in [7, 11) is 0. The molecule has 0 N–H and O–H groups in total. The van der Waals surface area contributed by atoms with Gasteiger partial charge in [-0.05, 0) is 244 Å². The third kappa shape index (κ3) is 8.35. The van der Waals surface area contributed by atoms with Gasteiger partial charge in [0.25, 0.3) is 0 Å². The molecule has 1 unspecified atom stereocenters. The highest BCUT2D eigenvalue weighted by molar-refractivity contribution is 6.05. The fourth-order valence-electron chi connectivity index (χ4n) is 18.9. The van der Waals surface area contributed by atoms with Crippen molar-refractivity contribution in [2.45, 2.75) is 30.1 Å². The van der Waals surface area contributed by atoms with E-state index in [2.05, 4.69) is 410 Å². The minimum absolute atomic E-state index is 0.357. The summed E-state index contributed by atoms with van der Waals surface area (Å²) < 4.78 is 0. The maximum absolute atomic E-state index is 2.61. The van der Waals surface area contributed by atoms with Gasteiger partial charge >= 0.3 is 0 Å². The van der Waals surface area contributed by atoms with E-state index < -0.39 is 10.8 Å². The zero-order valence-electron chi connectivity index (χ0n) is 57.1. The Morgan fingerprint density at radius 3 is 1.18 bits per heavy atom. The van der Waals surface area contributed by atoms with Crippen LogP contribution in [0.1, 0.15) is 69.5 Å². The predicted octanol–water partition coefficient (Wildman–Crippen LogP) is 26.0. The maximum atomic E-state index is 2.61. The van der Waals surface area contributed by atoms with E-state index in [9.17, 15) is 0 Å². The van der Waals surface area contributed by atoms with Gasteiger partial charge < -0.3 is 19.6 Å². The zero-order chi connectivity index (χ0) is 68.1. The Labute approximate surface area is 601 Å². The first-order valence-corrected chi connectivity index (χ1v) is 36.0. The Balaban J connectivity index is 0.719. The Morgan fingerprint density at radius 2 is 0.612 bits per heavy atom. The van der Waals surface area contributed by atoms with E-state index in [4.69, 9.17) is 0 Å². The van der Waals surface area contributed by atoms with Gasteiger partial charge in [-0.3, -0.25) is 0 Å². The molecule has 103 heavy (non-hydrogen) atoms. The van der Waals surface area contributed by atoms with Gasteiger partial charge in [-0.15, -0.1) is 0 Å². The largest absolute Gasteiger partial charge is 0.310 e. The Kier molecular flexibility index (Phi) is 12.9. The predicted molar refractivity (Wildman–Crippen MR) is 427 cm³/mol. The molecular weight excluding hydrogens is 1250 g/mol. The van der Waals surface area contributed by atoms with Gasteiger partial charge in [-0.2, -0.15) is 0 Å². The lowest BCUT2D eigenvalue weighted by Gasteiger charge is -2.46. The van der Waals surface area contributed by atoms with Gasteiger partial charge in [0.05, 0.1) is 33.6 Å². The van der Waals surface area contributed by atoms with Crippen molar-refractivity contribution >= 4 is 79.0 Å². The molecule has 0 saturated heterocycles. The van der Waals surface area contributed by atoms with Crippen LogP contribution >= 0.6 is 0 Å². The molecule has 16 aromatic rings. The van der Waals surface area contributed by atoms with Gasteiger partial charge in [-0.1, -0.05) is 257 Å². The minimum Gasteiger partial charge on any atom is -0.310 e. The van der Waals surface area contributed by atoms with Crippen molar-refractivity contribution in [3.8, 4) is 44.5 Å². The van der Waals surface area contributed by atoms with Crippen molar-refractivity contribution < 1.29 is 0 Å². The van der Waals surface area contributed by atoms with E-state index in [0.717, 1.165) is 62.4 Å². The first-order valence-electron chi connectivity index (χ1n) is 36.0. The van der Waals surface area contributed by atoms with Crippen molar-refractivity contribution in [3.63, 3.8) is 0 Å². The Morgan fingerprint density at radius 1 is 0.223 bits per heavy atom. The topological polar surface area (TPSA) is 13.0 Å². The van der Waals surface area contributed by atoms with Crippen LogP contribution < -0.4 is 19.6 Å². The van der Waals surface area contributed by atoms with Gasteiger partial charge in [0.2, 0.25) is 0 Å². The summed E-state index contributed by atoms with van der Waals surface area (Å²) in [6.45, 7) is 4.88. The normalized spacial score (nSPS) is 15.2. The highest BCUT2D eigenvalue weighted by atomic mass is 15.2. The number of para-hydroxylation sites is 6. The fraction of sp³-hybridized carbons (Fsp3) is 0.0505. The standard InChI is InChI=1S/C99H68N4/c1-97(2)87-60-67(51-56-80(87)82-63-91-95(64-88(82)97)103(72-37-16-7-17-38-72)93-58-54-74(100(68-29-8-3-9-30-68)69-31-10-4-11-32-69)61-89(93)98(91)83-43-23-20-40-77(83)78-41-21-24-44-84(78)98)65-48-52-73(53-49-65)101(70-33-12-5-13-34-70)75-55-59-94-90(62-75)99(86-46-26-27-47-92(86)102(94)71-35-14-6-15-36-71)85-45-25-22-42-79(85)81-57-50-66-28-18-19-39-76(66)96(81)99/h3-64H,1-2H3. The molecule has 0 bridgehead atoms. The molecular formula is C99H68N4. The molecule has 3 aliphatic carbocycles. The first kappa shape index (κ1) is 58.9. The van der Waals surface area contributed by atoms with Crippen LogP contribution in [0.2, 0.25) is 0 Å². The van der Waals surface area contributed by atoms with Crippen LogP contribution in [-0.4, -0.2) is 0 Å². The highest BCUT2D eigenvalue weighted by Crippen LogP contribution is 2.68. The molecule has 0 saturated carbocycles. The smallest absolute Gasteiger partial charge is 0.0761 e. The van der Waals surface area contributed by atoms with Crippen molar-refractivity contribution in [1.29, 1.82) is 0 Å². The lowest BCUT2D eigenvalue weighted by molar-refractivity contribution is 0.659. The molecule has 0 aromatic heterocycles. The molecule has 0 amide bonds. The first-order chi connectivity index (χ1) is 50.9. The van der Waals surface area contributed by atoms with Gasteiger partial charge in [0.15, 0.2) is 0 Å². The molecule has 2 spiro atoms. The number of fused-ring (bicyclic) bond motifs is 23. The van der Waals surface area contributed by atoms with E-state index in [1.165, 1.54) is 117 Å². The molecule has 4 nitrogen and oxygen atoms in total. The number of hydrogen-bond acceptors (Lipinski definition) is 4. The molecule has 0 radical (unpaired) electrons. The van der Waals surface area contributed by atoms with E-state index in [0.29, 0.717) is 0 Å². The van der Waals surface area contributed by atoms with E-state index >= 15 is 0 Å². The molecule has 21 rings (SSSR count). The maximum Gasteiger partial charge on any atom is 0.0761 e. The minimum atomic E-state index is -0.688. The number of anilines is 12. The second kappa shape index (κ2) is 22.5. The average Bonchev–Trinajstić information content (AvgIpc) is 1.57. The summed E-state index contributed by atoms with van der Waals surface area (Å²) in [5.74, 6) is 0. The van der Waals surface area contributed by atoms with Crippen LogP contribution in [0.3, 0.4) is 0 Å². The lowest BCUT2D eigenvalue weighted by atomic mass is 9.63. The molecule has 4 heteroatoms. The van der Waals surface area contributed by atoms with Gasteiger partial charge in [0.1, 0.15) is 0 Å². The molecule has 1 atom stereocenters. The third-order valence-corrected chi connectivity index (χ3v) is 23.2. The van der Waals surface area contributed by atoms with E-state index in [-0.39, 0.29) is 5.41 Å². The summed E-state index contributed by atoms with van der Waals surface area (Å²) in [6.07, 6.45) is 0. The average molecular weight is 1310 g/mol. The Hall–Kier alpha value is -13.0. The fourth-order valence-corrected chi connectivity index (χ4v) is 18.9. The zero-order valence-corrected chi connectivity index (χ0v) is 57.1. The second-order valence-corrected chi connectivity index (χ2v) is 28.6. The lowest BCUT2D eigenvalue weighted by Crippen LogP contribution is -2.36. The molecule has 5 aliphatic rings. The van der Waals surface area contributed by atoms with Crippen LogP contribution in [0.25, 0.3) is 55.3 Å². The summed E-state index contributed by atoms with van der Waals surface area (Å²) in [6, 6.07) is 141. The number of hydrogen-bond donors (Lipinski definition) is 0. The van der Waals surface area contributed by atoms with Crippen molar-refractivity contribution in [1.82, 2.24) is 0 Å². The molecule has 0 fully saturated rings. The van der Waals surface area contributed by atoms with Crippen molar-refractivity contribution in [2.75, 3.05) is 19.6 Å². The molecule has 2 heterocycles. The van der Waals surface area contributed by atoms with Gasteiger partial charge in [0, 0.05) is 50.9 Å². The summed E-state index contributed by atoms with van der Waals surface area (Å²) >= 11 is 0. The number of rotatable bonds is 9. The van der Waals surface area contributed by atoms with Crippen molar-refractivity contribution in [3.05, 3.63) is 432 Å². The van der Waals surface area contributed by atoms with E-state index in [1.807, 2.05) is 0 Å². The molecule has 16 aromatic carbocycles. The van der Waals surface area contributed by atoms with Crippen LogP contribution in [0.15, 0.2) is 376 Å². The Bertz CT molecular complexity index is 6020. The van der Waals surface area contributed by atoms with Crippen LogP contribution in [0.4, 0.5) is 68.2 Å². The highest BCUT2D eigenvalue weighted by Gasteiger charge is 2.55. The quantitative estimate of drug-likeness (QED) is 0.143. The number of benzene rings is 16. The molecule has 2 aliphatic heterocycles. The van der Waals surface area contributed by atoms with E-state index in [1.54, 1.807) is 0 Å². The van der Waals surface area contributed by atoms with Gasteiger partial charge in [-0.25, -0.2) is 0 Å². The number of nitrogens with zero attached hydrogens (tertiary/aromatic N) is 4. The summed E-state index contributed by atoms with van der Waals surface area (Å²) in [5.41, 5.74) is 34.7. The van der Waals surface area contributed by atoms with Crippen LogP contribution in [0.5, 0.6) is 0 Å². The van der Waals surface area contributed by atoms with Crippen molar-refractivity contribution in [2.24, 2.45) is 0 Å². The monoisotopic (exact) mass is 1310 g/mol. The third-order valence-electron chi connectivity index (χ3n) is 23.2. The summed E-state index contributed by atoms with van der Waals surface area (Å²) in [4.78, 5) is 9.91. The second-order valence-electron chi connectivity index (χ2n) is 28.6. The molecule has 484 valence electrons. The van der Waals surface area contributed by atoms with Crippen LogP contribution in [-0.2, 0) is 16.2 Å². The SMILES string of the molecule is CC1(C)c2cc(-c3ccc(N(c4ccccc4)c4ccc5c(c4)C4(c6ccccc6-c6ccc7ccccc7c64)c4ccccc4N5c4ccccc4)cc3)ccc2-c2cc3c(cc21)N(c1ccccc1)c1ccc(N(c2ccccc2)c2ccccc2)cc1C31c2ccccc2-c2ccccc21. The van der Waals surface area contributed by atoms with Crippen LogP contribution in [0, 0.1) is 0 Å². The summed E-state index contributed by atoms with van der Waals surface area (Å²) in [5, 5.41) is 2.50.